The second kappa shape index (κ2) is 5.88. The lowest BCUT2D eigenvalue weighted by Gasteiger charge is -2.44. The van der Waals surface area contributed by atoms with Gasteiger partial charge in [-0.15, -0.1) is 0 Å². The first kappa shape index (κ1) is 14.3. The monoisotopic (exact) mass is 263 g/mol. The lowest BCUT2D eigenvalue weighted by molar-refractivity contribution is -0.0266. The number of aliphatic hydroxyl groups excluding tert-OH is 1. The fourth-order valence-electron chi connectivity index (χ4n) is 3.55. The molecule has 1 atom stereocenters. The van der Waals surface area contributed by atoms with Crippen molar-refractivity contribution in [2.24, 2.45) is 0 Å². The fourth-order valence-corrected chi connectivity index (χ4v) is 3.55. The smallest absolute Gasteiger partial charge is 0.129 e. The number of aliphatic hydroxyl groups is 1. The summed E-state index contributed by atoms with van der Waals surface area (Å²) in [5.41, 5.74) is 6.55. The molecule has 19 heavy (non-hydrogen) atoms. The molecule has 1 heterocycles. The number of likely N-dealkylation sites (N-methyl/N-ethyl adjacent to an activating group) is 1. The highest BCUT2D eigenvalue weighted by molar-refractivity contribution is 5.41. The average Bonchev–Trinajstić information content (AvgIpc) is 2.90. The van der Waals surface area contributed by atoms with E-state index in [9.17, 15) is 5.11 Å². The van der Waals surface area contributed by atoms with Gasteiger partial charge in [0.05, 0.1) is 5.54 Å². The molecule has 4 nitrogen and oxygen atoms in total. The minimum absolute atomic E-state index is 0.166. The molecule has 1 unspecified atom stereocenters. The summed E-state index contributed by atoms with van der Waals surface area (Å²) in [5, 5.41) is 10.9. The Morgan fingerprint density at radius 3 is 2.53 bits per heavy atom. The van der Waals surface area contributed by atoms with Gasteiger partial charge in [-0.25, -0.2) is 4.98 Å². The van der Waals surface area contributed by atoms with E-state index in [2.05, 4.69) is 23.7 Å². The second-order valence-corrected chi connectivity index (χ2v) is 5.36. The van der Waals surface area contributed by atoms with E-state index < -0.39 is 6.10 Å². The van der Waals surface area contributed by atoms with Crippen LogP contribution < -0.4 is 5.73 Å². The van der Waals surface area contributed by atoms with Crippen molar-refractivity contribution in [3.05, 3.63) is 23.9 Å². The van der Waals surface area contributed by atoms with Crippen LogP contribution in [0.3, 0.4) is 0 Å². The van der Waals surface area contributed by atoms with E-state index in [0.717, 1.165) is 31.5 Å². The van der Waals surface area contributed by atoms with E-state index in [1.807, 2.05) is 12.1 Å². The standard InChI is InChI=1S/C15H25N3O/c1-3-18(4-2)15(9-5-6-10-15)13(19)12-8-7-11-17-14(12)16/h7-8,11,13,19H,3-6,9-10H2,1-2H3,(H2,16,17). The summed E-state index contributed by atoms with van der Waals surface area (Å²) in [5.74, 6) is 0.452. The van der Waals surface area contributed by atoms with Gasteiger partial charge in [-0.1, -0.05) is 32.8 Å². The van der Waals surface area contributed by atoms with Crippen molar-refractivity contribution in [3.8, 4) is 0 Å². The average molecular weight is 263 g/mol. The maximum Gasteiger partial charge on any atom is 0.129 e. The third-order valence-corrected chi connectivity index (χ3v) is 4.54. The van der Waals surface area contributed by atoms with Crippen LogP contribution in [0.2, 0.25) is 0 Å². The predicted octanol–water partition coefficient (Wildman–Crippen LogP) is 2.35. The summed E-state index contributed by atoms with van der Waals surface area (Å²) < 4.78 is 0. The van der Waals surface area contributed by atoms with Crippen molar-refractivity contribution >= 4 is 5.82 Å². The summed E-state index contributed by atoms with van der Waals surface area (Å²) in [4.78, 5) is 6.50. The lowest BCUT2D eigenvalue weighted by Crippen LogP contribution is -2.51. The molecule has 4 heteroatoms. The van der Waals surface area contributed by atoms with Crippen LogP contribution in [-0.4, -0.2) is 33.6 Å². The first-order chi connectivity index (χ1) is 9.15. The topological polar surface area (TPSA) is 62.4 Å². The van der Waals surface area contributed by atoms with Crippen molar-refractivity contribution in [1.29, 1.82) is 0 Å². The van der Waals surface area contributed by atoms with Crippen molar-refractivity contribution in [2.75, 3.05) is 18.8 Å². The van der Waals surface area contributed by atoms with Crippen molar-refractivity contribution < 1.29 is 5.11 Å². The molecule has 1 fully saturated rings. The molecule has 1 aromatic heterocycles. The van der Waals surface area contributed by atoms with Gasteiger partial charge in [0.2, 0.25) is 0 Å². The Hall–Kier alpha value is -1.13. The van der Waals surface area contributed by atoms with Crippen molar-refractivity contribution in [3.63, 3.8) is 0 Å². The maximum absolute atomic E-state index is 10.9. The van der Waals surface area contributed by atoms with Gasteiger partial charge in [0, 0.05) is 11.8 Å². The van der Waals surface area contributed by atoms with Gasteiger partial charge in [-0.2, -0.15) is 0 Å². The number of anilines is 1. The fraction of sp³-hybridized carbons (Fsp3) is 0.667. The van der Waals surface area contributed by atoms with Crippen LogP contribution in [0.25, 0.3) is 0 Å². The zero-order valence-corrected chi connectivity index (χ0v) is 12.0. The summed E-state index contributed by atoms with van der Waals surface area (Å²) >= 11 is 0. The lowest BCUT2D eigenvalue weighted by atomic mass is 9.84. The third kappa shape index (κ3) is 2.47. The molecule has 0 radical (unpaired) electrons. The molecule has 106 valence electrons. The van der Waals surface area contributed by atoms with Gasteiger partial charge >= 0.3 is 0 Å². The van der Waals surface area contributed by atoms with Gasteiger partial charge in [0.25, 0.3) is 0 Å². The van der Waals surface area contributed by atoms with Gasteiger partial charge < -0.3 is 10.8 Å². The molecule has 0 spiro atoms. The molecule has 1 aromatic rings. The molecule has 1 aliphatic rings. The van der Waals surface area contributed by atoms with E-state index >= 15 is 0 Å². The molecule has 3 N–H and O–H groups in total. The molecule has 0 aliphatic heterocycles. The maximum atomic E-state index is 10.9. The predicted molar refractivity (Wildman–Crippen MR) is 77.7 cm³/mol. The second-order valence-electron chi connectivity index (χ2n) is 5.36. The molecule has 0 aromatic carbocycles. The molecule has 1 saturated carbocycles. The number of nitrogens with zero attached hydrogens (tertiary/aromatic N) is 2. The van der Waals surface area contributed by atoms with E-state index in [-0.39, 0.29) is 5.54 Å². The molecule has 0 amide bonds. The minimum Gasteiger partial charge on any atom is -0.386 e. The Morgan fingerprint density at radius 2 is 2.00 bits per heavy atom. The normalized spacial score (nSPS) is 19.8. The number of nitrogen functional groups attached to an aromatic ring is 1. The Bertz CT molecular complexity index is 412. The number of aromatic nitrogens is 1. The van der Waals surface area contributed by atoms with Gasteiger partial charge in [-0.05, 0) is 32.0 Å². The number of nitrogens with two attached hydrogens (primary N) is 1. The zero-order chi connectivity index (χ0) is 13.9. The Balaban J connectivity index is 2.37. The highest BCUT2D eigenvalue weighted by Gasteiger charge is 2.45. The molecule has 0 bridgehead atoms. The molecule has 1 aliphatic carbocycles. The first-order valence-electron chi connectivity index (χ1n) is 7.29. The highest BCUT2D eigenvalue weighted by Crippen LogP contribution is 2.45. The number of pyridine rings is 1. The number of rotatable bonds is 5. The van der Waals surface area contributed by atoms with E-state index in [0.29, 0.717) is 5.82 Å². The van der Waals surface area contributed by atoms with Crippen LogP contribution >= 0.6 is 0 Å². The summed E-state index contributed by atoms with van der Waals surface area (Å²) in [6, 6.07) is 3.75. The summed E-state index contributed by atoms with van der Waals surface area (Å²) in [6.07, 6.45) is 5.53. The summed E-state index contributed by atoms with van der Waals surface area (Å²) in [7, 11) is 0. The van der Waals surface area contributed by atoms with Crippen molar-refractivity contribution in [1.82, 2.24) is 9.88 Å². The largest absolute Gasteiger partial charge is 0.386 e. The number of hydrogen-bond acceptors (Lipinski definition) is 4. The Labute approximate surface area is 115 Å². The third-order valence-electron chi connectivity index (χ3n) is 4.54. The van der Waals surface area contributed by atoms with Crippen LogP contribution in [0, 0.1) is 0 Å². The quantitative estimate of drug-likeness (QED) is 0.856. The highest BCUT2D eigenvalue weighted by atomic mass is 16.3. The van der Waals surface area contributed by atoms with Gasteiger partial charge in [-0.3, -0.25) is 4.90 Å². The van der Waals surface area contributed by atoms with E-state index in [1.54, 1.807) is 6.20 Å². The van der Waals surface area contributed by atoms with Gasteiger partial charge in [0.1, 0.15) is 11.9 Å². The Kier molecular flexibility index (Phi) is 4.42. The van der Waals surface area contributed by atoms with Crippen LogP contribution in [0.15, 0.2) is 18.3 Å². The number of hydrogen-bond donors (Lipinski definition) is 2. The van der Waals surface area contributed by atoms with E-state index in [4.69, 9.17) is 5.73 Å². The molecule has 0 saturated heterocycles. The summed E-state index contributed by atoms with van der Waals surface area (Å²) in [6.45, 7) is 6.22. The van der Waals surface area contributed by atoms with Crippen LogP contribution in [0.5, 0.6) is 0 Å². The Morgan fingerprint density at radius 1 is 1.37 bits per heavy atom. The molecular formula is C15H25N3O. The van der Waals surface area contributed by atoms with E-state index in [1.165, 1.54) is 12.8 Å². The molecule has 2 rings (SSSR count). The first-order valence-corrected chi connectivity index (χ1v) is 7.29. The van der Waals surface area contributed by atoms with Crippen molar-refractivity contribution in [2.45, 2.75) is 51.2 Å². The SMILES string of the molecule is CCN(CC)C1(C(O)c2cccnc2N)CCCC1. The minimum atomic E-state index is -0.552. The molecular weight excluding hydrogens is 238 g/mol. The zero-order valence-electron chi connectivity index (χ0n) is 12.0. The van der Waals surface area contributed by atoms with Crippen LogP contribution in [0.1, 0.15) is 51.2 Å². The van der Waals surface area contributed by atoms with Gasteiger partial charge in [0.15, 0.2) is 0 Å². The van der Waals surface area contributed by atoms with Crippen LogP contribution in [0.4, 0.5) is 5.82 Å². The van der Waals surface area contributed by atoms with Crippen LogP contribution in [-0.2, 0) is 0 Å².